The number of aromatic carboxylic acids is 1. The number of carbonyl (C=O) groups is 1. The Morgan fingerprint density at radius 2 is 2.25 bits per heavy atom. The smallest absolute Gasteiger partial charge is 0.356 e. The molecule has 2 heterocycles. The van der Waals surface area contributed by atoms with Crippen molar-refractivity contribution in [3.05, 3.63) is 35.8 Å². The minimum Gasteiger partial charge on any atom is -0.476 e. The maximum atomic E-state index is 13.6. The number of nitrogens with zero attached hydrogens (tertiary/aromatic N) is 4. The molecule has 0 aromatic carbocycles. The lowest BCUT2D eigenvalue weighted by Gasteiger charge is -2.02. The van der Waals surface area contributed by atoms with Crippen LogP contribution in [0.5, 0.6) is 0 Å². The largest absolute Gasteiger partial charge is 0.476 e. The number of aryl methyl sites for hydroxylation is 1. The summed E-state index contributed by atoms with van der Waals surface area (Å²) in [5, 5.41) is 12.3. The molecule has 2 aromatic heterocycles. The zero-order valence-electron chi connectivity index (χ0n) is 8.25. The van der Waals surface area contributed by atoms with Gasteiger partial charge in [0, 0.05) is 6.20 Å². The fourth-order valence-electron chi connectivity index (χ4n) is 1.16. The molecule has 16 heavy (non-hydrogen) atoms. The second-order valence-corrected chi connectivity index (χ2v) is 3.05. The second kappa shape index (κ2) is 3.69. The van der Waals surface area contributed by atoms with E-state index in [1.807, 2.05) is 0 Å². The van der Waals surface area contributed by atoms with Crippen molar-refractivity contribution >= 4 is 5.97 Å². The van der Waals surface area contributed by atoms with Crippen molar-refractivity contribution in [2.45, 2.75) is 6.92 Å². The molecule has 0 spiro atoms. The van der Waals surface area contributed by atoms with Gasteiger partial charge in [0.25, 0.3) is 0 Å². The molecule has 0 amide bonds. The van der Waals surface area contributed by atoms with Crippen LogP contribution in [-0.4, -0.2) is 30.8 Å². The third-order valence-electron chi connectivity index (χ3n) is 1.97. The zero-order valence-corrected chi connectivity index (χ0v) is 8.25. The number of aromatic nitrogens is 4. The average molecular weight is 222 g/mol. The van der Waals surface area contributed by atoms with Crippen molar-refractivity contribution in [2.75, 3.05) is 0 Å². The van der Waals surface area contributed by atoms with Crippen LogP contribution in [0.3, 0.4) is 0 Å². The van der Waals surface area contributed by atoms with E-state index in [4.69, 9.17) is 5.11 Å². The number of hydrogen-bond acceptors (Lipinski definition) is 4. The Bertz CT molecular complexity index is 552. The zero-order chi connectivity index (χ0) is 11.7. The molecule has 0 aliphatic heterocycles. The SMILES string of the molecule is Cc1ncnc(-n2ccc(C(=O)O)n2)c1F. The maximum Gasteiger partial charge on any atom is 0.356 e. The van der Waals surface area contributed by atoms with E-state index in [0.717, 1.165) is 4.68 Å². The Balaban J connectivity index is 2.50. The predicted octanol–water partition coefficient (Wildman–Crippen LogP) is 0.808. The summed E-state index contributed by atoms with van der Waals surface area (Å²) < 4.78 is 14.6. The minimum atomic E-state index is -1.18. The lowest BCUT2D eigenvalue weighted by molar-refractivity contribution is 0.0690. The summed E-state index contributed by atoms with van der Waals surface area (Å²) in [7, 11) is 0. The highest BCUT2D eigenvalue weighted by Gasteiger charge is 2.13. The topological polar surface area (TPSA) is 80.9 Å². The third kappa shape index (κ3) is 1.62. The summed E-state index contributed by atoms with van der Waals surface area (Å²) >= 11 is 0. The molecule has 0 unspecified atom stereocenters. The molecule has 0 radical (unpaired) electrons. The first-order chi connectivity index (χ1) is 7.59. The van der Waals surface area contributed by atoms with E-state index in [1.165, 1.54) is 25.5 Å². The monoisotopic (exact) mass is 222 g/mol. The fourth-order valence-corrected chi connectivity index (χ4v) is 1.16. The maximum absolute atomic E-state index is 13.6. The highest BCUT2D eigenvalue weighted by molar-refractivity contribution is 5.85. The molecule has 82 valence electrons. The first-order valence-electron chi connectivity index (χ1n) is 4.36. The molecule has 0 saturated carbocycles. The lowest BCUT2D eigenvalue weighted by Crippen LogP contribution is -2.06. The molecule has 0 bridgehead atoms. The molecule has 0 aliphatic carbocycles. The number of rotatable bonds is 2. The van der Waals surface area contributed by atoms with E-state index in [-0.39, 0.29) is 17.2 Å². The Hall–Kier alpha value is -2.31. The van der Waals surface area contributed by atoms with E-state index < -0.39 is 11.8 Å². The number of carboxylic acids is 1. The molecule has 7 heteroatoms. The molecular formula is C9H7FN4O2. The first kappa shape index (κ1) is 10.2. The van der Waals surface area contributed by atoms with Crippen LogP contribution >= 0.6 is 0 Å². The van der Waals surface area contributed by atoms with Crippen LogP contribution in [0.15, 0.2) is 18.6 Å². The molecule has 6 nitrogen and oxygen atoms in total. The Labute approximate surface area is 89.4 Å². The molecule has 0 atom stereocenters. The standard InChI is InChI=1S/C9H7FN4O2/c1-5-7(10)8(12-4-11-5)14-3-2-6(13-14)9(15)16/h2-4H,1H3,(H,15,16). The van der Waals surface area contributed by atoms with Gasteiger partial charge in [-0.15, -0.1) is 0 Å². The predicted molar refractivity (Wildman–Crippen MR) is 50.8 cm³/mol. The average Bonchev–Trinajstić information content (AvgIpc) is 2.71. The van der Waals surface area contributed by atoms with Crippen LogP contribution in [0.2, 0.25) is 0 Å². The van der Waals surface area contributed by atoms with Gasteiger partial charge in [0.1, 0.15) is 6.33 Å². The van der Waals surface area contributed by atoms with Gasteiger partial charge in [-0.25, -0.2) is 23.8 Å². The van der Waals surface area contributed by atoms with Crippen molar-refractivity contribution in [1.29, 1.82) is 0 Å². The minimum absolute atomic E-state index is 0.0694. The Morgan fingerprint density at radius 3 is 2.88 bits per heavy atom. The number of halogens is 1. The van der Waals surface area contributed by atoms with Crippen molar-refractivity contribution < 1.29 is 14.3 Å². The molecule has 1 N–H and O–H groups in total. The molecule has 0 saturated heterocycles. The van der Waals surface area contributed by atoms with Gasteiger partial charge in [0.15, 0.2) is 17.3 Å². The summed E-state index contributed by atoms with van der Waals surface area (Å²) in [6.07, 6.45) is 2.52. The van der Waals surface area contributed by atoms with Gasteiger partial charge in [-0.3, -0.25) is 0 Å². The van der Waals surface area contributed by atoms with E-state index in [1.54, 1.807) is 0 Å². The normalized spacial score (nSPS) is 10.4. The van der Waals surface area contributed by atoms with Gasteiger partial charge in [0.05, 0.1) is 5.69 Å². The van der Waals surface area contributed by atoms with Crippen LogP contribution in [0.4, 0.5) is 4.39 Å². The van der Waals surface area contributed by atoms with E-state index in [9.17, 15) is 9.18 Å². The molecule has 0 fully saturated rings. The fraction of sp³-hybridized carbons (Fsp3) is 0.111. The van der Waals surface area contributed by atoms with Gasteiger partial charge in [-0.05, 0) is 13.0 Å². The first-order valence-corrected chi connectivity index (χ1v) is 4.36. The van der Waals surface area contributed by atoms with Crippen LogP contribution in [0.25, 0.3) is 5.82 Å². The summed E-state index contributed by atoms with van der Waals surface area (Å²) in [6, 6.07) is 1.26. The summed E-state index contributed by atoms with van der Waals surface area (Å²) in [5.41, 5.74) is 0.00744. The second-order valence-electron chi connectivity index (χ2n) is 3.05. The number of hydrogen-bond donors (Lipinski definition) is 1. The van der Waals surface area contributed by atoms with Crippen LogP contribution in [0.1, 0.15) is 16.2 Å². The van der Waals surface area contributed by atoms with Crippen molar-refractivity contribution in [1.82, 2.24) is 19.7 Å². The Kier molecular flexibility index (Phi) is 2.35. The van der Waals surface area contributed by atoms with Crippen molar-refractivity contribution in [2.24, 2.45) is 0 Å². The van der Waals surface area contributed by atoms with E-state index >= 15 is 0 Å². The summed E-state index contributed by atoms with van der Waals surface area (Å²) in [4.78, 5) is 18.0. The van der Waals surface area contributed by atoms with Crippen LogP contribution < -0.4 is 0 Å². The quantitative estimate of drug-likeness (QED) is 0.813. The van der Waals surface area contributed by atoms with Crippen molar-refractivity contribution in [3.8, 4) is 5.82 Å². The number of carboxylic acid groups (broad SMARTS) is 1. The summed E-state index contributed by atoms with van der Waals surface area (Å²) in [5.74, 6) is -1.87. The van der Waals surface area contributed by atoms with Gasteiger partial charge in [-0.2, -0.15) is 5.10 Å². The third-order valence-corrected chi connectivity index (χ3v) is 1.97. The van der Waals surface area contributed by atoms with Gasteiger partial charge < -0.3 is 5.11 Å². The van der Waals surface area contributed by atoms with Gasteiger partial charge in [-0.1, -0.05) is 0 Å². The van der Waals surface area contributed by atoms with Crippen LogP contribution in [0, 0.1) is 12.7 Å². The van der Waals surface area contributed by atoms with Crippen molar-refractivity contribution in [3.63, 3.8) is 0 Å². The highest BCUT2D eigenvalue weighted by atomic mass is 19.1. The lowest BCUT2D eigenvalue weighted by atomic mass is 10.4. The summed E-state index contributed by atoms with van der Waals surface area (Å²) in [6.45, 7) is 1.49. The highest BCUT2D eigenvalue weighted by Crippen LogP contribution is 2.11. The van der Waals surface area contributed by atoms with Gasteiger partial charge >= 0.3 is 5.97 Å². The Morgan fingerprint density at radius 1 is 1.50 bits per heavy atom. The van der Waals surface area contributed by atoms with E-state index in [2.05, 4.69) is 15.1 Å². The molecular weight excluding hydrogens is 215 g/mol. The van der Waals surface area contributed by atoms with E-state index in [0.29, 0.717) is 0 Å². The molecule has 2 rings (SSSR count). The molecule has 2 aromatic rings. The molecule has 0 aliphatic rings. The van der Waals surface area contributed by atoms with Crippen LogP contribution in [-0.2, 0) is 0 Å². The van der Waals surface area contributed by atoms with Gasteiger partial charge in [0.2, 0.25) is 0 Å².